The summed E-state index contributed by atoms with van der Waals surface area (Å²) >= 11 is 0. The number of hydrogen-bond acceptors (Lipinski definition) is 3. The van der Waals surface area contributed by atoms with Gasteiger partial charge >= 0.3 is 0 Å². The second-order valence-corrected chi connectivity index (χ2v) is 5.72. The van der Waals surface area contributed by atoms with Gasteiger partial charge in [-0.25, -0.2) is 0 Å². The molecule has 3 nitrogen and oxygen atoms in total. The molecule has 0 atom stereocenters. The van der Waals surface area contributed by atoms with E-state index in [-0.39, 0.29) is 0 Å². The summed E-state index contributed by atoms with van der Waals surface area (Å²) in [6.07, 6.45) is 0. The second-order valence-electron chi connectivity index (χ2n) is 5.72. The summed E-state index contributed by atoms with van der Waals surface area (Å²) < 4.78 is 6.00. The summed E-state index contributed by atoms with van der Waals surface area (Å²) in [5.41, 5.74) is 4.96. The third-order valence-electron chi connectivity index (χ3n) is 3.71. The molecule has 3 heteroatoms. The van der Waals surface area contributed by atoms with Crippen molar-refractivity contribution in [1.82, 2.24) is 0 Å². The SMILES string of the molecule is Cc1cc(N=Nc2ccccc2)cc(C)c1OCc1ccccc1. The van der Waals surface area contributed by atoms with E-state index in [0.717, 1.165) is 33.8 Å². The van der Waals surface area contributed by atoms with E-state index in [0.29, 0.717) is 6.61 Å². The van der Waals surface area contributed by atoms with Gasteiger partial charge in [-0.2, -0.15) is 10.2 Å². The monoisotopic (exact) mass is 316 g/mol. The molecule has 0 saturated carbocycles. The van der Waals surface area contributed by atoms with Gasteiger partial charge in [0.25, 0.3) is 0 Å². The molecule has 3 aromatic carbocycles. The third kappa shape index (κ3) is 4.07. The Hall–Kier alpha value is -2.94. The number of nitrogens with zero attached hydrogens (tertiary/aromatic N) is 2. The molecule has 0 aliphatic heterocycles. The van der Waals surface area contributed by atoms with Gasteiger partial charge in [-0.3, -0.25) is 0 Å². The first kappa shape index (κ1) is 15.9. The molecule has 0 saturated heterocycles. The van der Waals surface area contributed by atoms with Crippen molar-refractivity contribution in [3.8, 4) is 5.75 Å². The molecule has 0 heterocycles. The smallest absolute Gasteiger partial charge is 0.125 e. The molecule has 0 aliphatic rings. The quantitative estimate of drug-likeness (QED) is 0.509. The van der Waals surface area contributed by atoms with Crippen LogP contribution in [-0.4, -0.2) is 0 Å². The summed E-state index contributed by atoms with van der Waals surface area (Å²) in [5.74, 6) is 0.914. The van der Waals surface area contributed by atoms with E-state index < -0.39 is 0 Å². The topological polar surface area (TPSA) is 34.0 Å². The molecule has 24 heavy (non-hydrogen) atoms. The average Bonchev–Trinajstić information content (AvgIpc) is 2.61. The predicted molar refractivity (Wildman–Crippen MR) is 97.3 cm³/mol. The highest BCUT2D eigenvalue weighted by atomic mass is 16.5. The van der Waals surface area contributed by atoms with Gasteiger partial charge in [-0.15, -0.1) is 0 Å². The minimum absolute atomic E-state index is 0.563. The number of rotatable bonds is 5. The second kappa shape index (κ2) is 7.55. The minimum Gasteiger partial charge on any atom is -0.488 e. The minimum atomic E-state index is 0.563. The summed E-state index contributed by atoms with van der Waals surface area (Å²) in [7, 11) is 0. The highest BCUT2D eigenvalue weighted by Gasteiger charge is 2.07. The molecule has 0 radical (unpaired) electrons. The fourth-order valence-electron chi connectivity index (χ4n) is 2.55. The van der Waals surface area contributed by atoms with Gasteiger partial charge in [0.1, 0.15) is 12.4 Å². The Balaban J connectivity index is 1.75. The Morgan fingerprint density at radius 3 is 1.88 bits per heavy atom. The van der Waals surface area contributed by atoms with Crippen molar-refractivity contribution in [3.05, 3.63) is 89.5 Å². The van der Waals surface area contributed by atoms with Crippen LogP contribution in [-0.2, 0) is 6.61 Å². The van der Waals surface area contributed by atoms with Crippen molar-refractivity contribution in [3.63, 3.8) is 0 Å². The van der Waals surface area contributed by atoms with Crippen LogP contribution in [0.4, 0.5) is 11.4 Å². The zero-order chi connectivity index (χ0) is 16.8. The summed E-state index contributed by atoms with van der Waals surface area (Å²) in [5, 5.41) is 8.59. The molecule has 0 N–H and O–H groups in total. The third-order valence-corrected chi connectivity index (χ3v) is 3.71. The van der Waals surface area contributed by atoms with Crippen LogP contribution < -0.4 is 4.74 Å². The zero-order valence-electron chi connectivity index (χ0n) is 13.9. The molecule has 3 rings (SSSR count). The van der Waals surface area contributed by atoms with Crippen LogP contribution in [0.15, 0.2) is 83.0 Å². The fraction of sp³-hybridized carbons (Fsp3) is 0.143. The Kier molecular flexibility index (Phi) is 5.02. The average molecular weight is 316 g/mol. The molecule has 120 valence electrons. The summed E-state index contributed by atoms with van der Waals surface area (Å²) in [4.78, 5) is 0. The molecular formula is C21H20N2O. The van der Waals surface area contributed by atoms with Gasteiger partial charge in [0.05, 0.1) is 11.4 Å². The lowest BCUT2D eigenvalue weighted by molar-refractivity contribution is 0.302. The van der Waals surface area contributed by atoms with Crippen molar-refractivity contribution in [1.29, 1.82) is 0 Å². The van der Waals surface area contributed by atoms with Crippen molar-refractivity contribution in [2.75, 3.05) is 0 Å². The first-order valence-corrected chi connectivity index (χ1v) is 7.97. The van der Waals surface area contributed by atoms with E-state index in [9.17, 15) is 0 Å². The number of benzene rings is 3. The first-order valence-electron chi connectivity index (χ1n) is 7.97. The molecule has 0 aromatic heterocycles. The van der Waals surface area contributed by atoms with E-state index in [1.165, 1.54) is 0 Å². The lowest BCUT2D eigenvalue weighted by Crippen LogP contribution is -1.98. The van der Waals surface area contributed by atoms with E-state index in [2.05, 4.69) is 22.4 Å². The number of aryl methyl sites for hydroxylation is 2. The lowest BCUT2D eigenvalue weighted by Gasteiger charge is -2.12. The van der Waals surface area contributed by atoms with Crippen molar-refractivity contribution in [2.45, 2.75) is 20.5 Å². The molecule has 0 fully saturated rings. The van der Waals surface area contributed by atoms with Crippen LogP contribution in [0.1, 0.15) is 16.7 Å². The van der Waals surface area contributed by atoms with Gasteiger partial charge in [-0.1, -0.05) is 48.5 Å². The van der Waals surface area contributed by atoms with Crippen LogP contribution in [0.2, 0.25) is 0 Å². The van der Waals surface area contributed by atoms with Crippen LogP contribution in [0, 0.1) is 13.8 Å². The van der Waals surface area contributed by atoms with Crippen LogP contribution in [0.5, 0.6) is 5.75 Å². The Bertz CT molecular complexity index is 804. The molecule has 0 spiro atoms. The maximum atomic E-state index is 6.00. The molecule has 0 amide bonds. The lowest BCUT2D eigenvalue weighted by atomic mass is 10.1. The number of hydrogen-bond donors (Lipinski definition) is 0. The Morgan fingerprint density at radius 1 is 0.708 bits per heavy atom. The summed E-state index contributed by atoms with van der Waals surface area (Å²) in [6, 6.07) is 23.9. The van der Waals surface area contributed by atoms with E-state index in [1.54, 1.807) is 0 Å². The van der Waals surface area contributed by atoms with E-state index in [1.807, 2.05) is 74.5 Å². The van der Waals surface area contributed by atoms with Crippen LogP contribution in [0.3, 0.4) is 0 Å². The highest BCUT2D eigenvalue weighted by molar-refractivity contribution is 5.52. The van der Waals surface area contributed by atoms with Gasteiger partial charge < -0.3 is 4.74 Å². The number of ether oxygens (including phenoxy) is 1. The maximum absolute atomic E-state index is 6.00. The van der Waals surface area contributed by atoms with Gasteiger partial charge in [0.2, 0.25) is 0 Å². The van der Waals surface area contributed by atoms with Crippen molar-refractivity contribution < 1.29 is 4.74 Å². The van der Waals surface area contributed by atoms with Crippen LogP contribution >= 0.6 is 0 Å². The van der Waals surface area contributed by atoms with Gasteiger partial charge in [-0.05, 0) is 54.8 Å². The van der Waals surface area contributed by atoms with Crippen LogP contribution in [0.25, 0.3) is 0 Å². The molecule has 0 unspecified atom stereocenters. The standard InChI is InChI=1S/C21H20N2O/c1-16-13-20(23-22-19-11-7-4-8-12-19)14-17(2)21(16)24-15-18-9-5-3-6-10-18/h3-14H,15H2,1-2H3. The Morgan fingerprint density at radius 2 is 1.25 bits per heavy atom. The molecule has 3 aromatic rings. The summed E-state index contributed by atoms with van der Waals surface area (Å²) in [6.45, 7) is 4.64. The fourth-order valence-corrected chi connectivity index (χ4v) is 2.55. The van der Waals surface area contributed by atoms with Gasteiger partial charge in [0.15, 0.2) is 0 Å². The zero-order valence-corrected chi connectivity index (χ0v) is 13.9. The Labute approximate surface area is 142 Å². The maximum Gasteiger partial charge on any atom is 0.125 e. The van der Waals surface area contributed by atoms with Gasteiger partial charge in [0, 0.05) is 0 Å². The van der Waals surface area contributed by atoms with E-state index >= 15 is 0 Å². The molecular weight excluding hydrogens is 296 g/mol. The normalized spacial score (nSPS) is 10.9. The van der Waals surface area contributed by atoms with E-state index in [4.69, 9.17) is 4.74 Å². The number of azo groups is 1. The largest absolute Gasteiger partial charge is 0.488 e. The van der Waals surface area contributed by atoms with Crippen molar-refractivity contribution >= 4 is 11.4 Å². The highest BCUT2D eigenvalue weighted by Crippen LogP contribution is 2.30. The predicted octanol–water partition coefficient (Wildman–Crippen LogP) is 6.30. The molecule has 0 aliphatic carbocycles. The first-order chi connectivity index (χ1) is 11.7. The molecule has 0 bridgehead atoms. The van der Waals surface area contributed by atoms with Crippen molar-refractivity contribution in [2.24, 2.45) is 10.2 Å².